The van der Waals surface area contributed by atoms with Crippen LogP contribution >= 0.6 is 0 Å². The van der Waals surface area contributed by atoms with Crippen LogP contribution in [0.25, 0.3) is 0 Å². The largest absolute Gasteiger partial charge is 0.497 e. The summed E-state index contributed by atoms with van der Waals surface area (Å²) >= 11 is 0. The number of amides is 2. The second-order valence-electron chi connectivity index (χ2n) is 4.75. The molecule has 8 heteroatoms. The number of anilines is 1. The summed E-state index contributed by atoms with van der Waals surface area (Å²) in [6.45, 7) is 1.48. The zero-order valence-corrected chi connectivity index (χ0v) is 13.0. The molecule has 2 rings (SSSR count). The third-order valence-corrected chi connectivity index (χ3v) is 3.26. The summed E-state index contributed by atoms with van der Waals surface area (Å²) in [6, 6.07) is 7.70. The van der Waals surface area contributed by atoms with Crippen LogP contribution in [0.2, 0.25) is 0 Å². The first kappa shape index (κ1) is 16.8. The molecule has 0 aliphatic rings. The standard InChI is InChI=1S/C16H14N4O4/c1-9-12(7-17)14(21)20-15(22)13(9)8-18-16(23)19-10-3-5-11(24-2)6-4-10/h3-6,8H,1-2H3,(H,19,23)(H2,20,21,22). The molecule has 0 unspecified atom stereocenters. The summed E-state index contributed by atoms with van der Waals surface area (Å²) in [6.07, 6.45) is 1.08. The van der Waals surface area contributed by atoms with Gasteiger partial charge in [-0.3, -0.25) is 9.78 Å². The smallest absolute Gasteiger partial charge is 0.345 e. The van der Waals surface area contributed by atoms with Crippen molar-refractivity contribution in [2.24, 2.45) is 4.99 Å². The molecular weight excluding hydrogens is 312 g/mol. The SMILES string of the molecule is COc1ccc(NC(=O)N=Cc2c(O)[nH]c(=O)c(C#N)c2C)cc1. The van der Waals surface area contributed by atoms with Crippen molar-refractivity contribution in [2.45, 2.75) is 6.92 Å². The Morgan fingerprint density at radius 1 is 1.42 bits per heavy atom. The van der Waals surface area contributed by atoms with Crippen LogP contribution in [-0.4, -0.2) is 29.4 Å². The number of methoxy groups -OCH3 is 1. The van der Waals surface area contributed by atoms with Gasteiger partial charge in [0.1, 0.15) is 17.4 Å². The van der Waals surface area contributed by atoms with E-state index in [1.165, 1.54) is 14.0 Å². The number of hydrogen-bond donors (Lipinski definition) is 3. The van der Waals surface area contributed by atoms with E-state index in [1.54, 1.807) is 30.3 Å². The number of benzene rings is 1. The molecule has 8 nitrogen and oxygen atoms in total. The molecule has 2 amide bonds. The zero-order valence-electron chi connectivity index (χ0n) is 13.0. The summed E-state index contributed by atoms with van der Waals surface area (Å²) in [5.41, 5.74) is -0.00833. The first-order valence-corrected chi connectivity index (χ1v) is 6.81. The van der Waals surface area contributed by atoms with E-state index in [9.17, 15) is 14.7 Å². The summed E-state index contributed by atoms with van der Waals surface area (Å²) in [4.78, 5) is 29.1. The normalized spacial score (nSPS) is 10.4. The third-order valence-electron chi connectivity index (χ3n) is 3.26. The molecule has 24 heavy (non-hydrogen) atoms. The van der Waals surface area contributed by atoms with E-state index in [0.717, 1.165) is 6.21 Å². The van der Waals surface area contributed by atoms with Crippen molar-refractivity contribution in [3.63, 3.8) is 0 Å². The quantitative estimate of drug-likeness (QED) is 0.742. The zero-order chi connectivity index (χ0) is 17.7. The van der Waals surface area contributed by atoms with Gasteiger partial charge in [0.05, 0.1) is 12.7 Å². The lowest BCUT2D eigenvalue weighted by Crippen LogP contribution is -2.14. The first-order valence-electron chi connectivity index (χ1n) is 6.81. The van der Waals surface area contributed by atoms with Crippen LogP contribution in [0.3, 0.4) is 0 Å². The van der Waals surface area contributed by atoms with Crippen LogP contribution in [0.5, 0.6) is 11.6 Å². The molecule has 0 atom stereocenters. The van der Waals surface area contributed by atoms with Gasteiger partial charge >= 0.3 is 6.03 Å². The molecule has 0 saturated heterocycles. The monoisotopic (exact) mass is 326 g/mol. The van der Waals surface area contributed by atoms with E-state index in [2.05, 4.69) is 15.3 Å². The van der Waals surface area contributed by atoms with Gasteiger partial charge in [0.25, 0.3) is 5.56 Å². The Morgan fingerprint density at radius 2 is 2.08 bits per heavy atom. The molecule has 122 valence electrons. The topological polar surface area (TPSA) is 128 Å². The van der Waals surface area contributed by atoms with Crippen molar-refractivity contribution in [3.05, 3.63) is 51.3 Å². The van der Waals surface area contributed by atoms with Crippen molar-refractivity contribution in [1.29, 1.82) is 5.26 Å². The molecule has 0 saturated carbocycles. The number of pyridine rings is 1. The van der Waals surface area contributed by atoms with E-state index >= 15 is 0 Å². The van der Waals surface area contributed by atoms with Crippen LogP contribution in [0.1, 0.15) is 16.7 Å². The maximum Gasteiger partial charge on any atom is 0.345 e. The van der Waals surface area contributed by atoms with Crippen molar-refractivity contribution < 1.29 is 14.6 Å². The van der Waals surface area contributed by atoms with Gasteiger partial charge in [0.15, 0.2) is 0 Å². The number of aromatic nitrogens is 1. The second kappa shape index (κ2) is 7.11. The molecule has 0 aliphatic heterocycles. The van der Waals surface area contributed by atoms with E-state index in [1.807, 2.05) is 0 Å². The number of nitrogens with one attached hydrogen (secondary N) is 2. The molecule has 0 bridgehead atoms. The summed E-state index contributed by atoms with van der Waals surface area (Å²) < 4.78 is 5.01. The third kappa shape index (κ3) is 3.59. The van der Waals surface area contributed by atoms with Crippen LogP contribution < -0.4 is 15.6 Å². The number of carbonyl (C=O) groups excluding carboxylic acids is 1. The Labute approximate surface area is 137 Å². The van der Waals surface area contributed by atoms with E-state index in [0.29, 0.717) is 11.4 Å². The number of urea groups is 1. The van der Waals surface area contributed by atoms with Crippen molar-refractivity contribution >= 4 is 17.9 Å². The lowest BCUT2D eigenvalue weighted by atomic mass is 10.1. The molecule has 0 aliphatic carbocycles. The molecule has 1 aromatic carbocycles. The molecule has 2 aromatic rings. The Hall–Kier alpha value is -3.60. The molecule has 1 heterocycles. The molecular formula is C16H14N4O4. The Balaban J connectivity index is 2.20. The fraction of sp³-hybridized carbons (Fsp3) is 0.125. The van der Waals surface area contributed by atoms with Crippen molar-refractivity contribution in [3.8, 4) is 17.7 Å². The summed E-state index contributed by atoms with van der Waals surface area (Å²) in [5, 5.41) is 21.2. The summed E-state index contributed by atoms with van der Waals surface area (Å²) in [5.74, 6) is 0.187. The van der Waals surface area contributed by atoms with Gasteiger partial charge in [-0.1, -0.05) is 0 Å². The minimum Gasteiger partial charge on any atom is -0.497 e. The number of nitriles is 1. The molecule has 0 radical (unpaired) electrons. The maximum atomic E-state index is 11.8. The molecule has 3 N–H and O–H groups in total. The number of aromatic amines is 1. The first-order chi connectivity index (χ1) is 11.5. The van der Waals surface area contributed by atoms with Crippen LogP contribution in [0.4, 0.5) is 10.5 Å². The molecule has 1 aromatic heterocycles. The maximum absolute atomic E-state index is 11.8. The van der Waals surface area contributed by atoms with Crippen LogP contribution in [0, 0.1) is 18.3 Å². The van der Waals surface area contributed by atoms with Crippen LogP contribution in [0.15, 0.2) is 34.1 Å². The van der Waals surface area contributed by atoms with Crippen LogP contribution in [-0.2, 0) is 0 Å². The number of aliphatic imine (C=N–C) groups is 1. The van der Waals surface area contributed by atoms with Crippen molar-refractivity contribution in [2.75, 3.05) is 12.4 Å². The fourth-order valence-electron chi connectivity index (χ4n) is 1.97. The average Bonchev–Trinajstić information content (AvgIpc) is 2.55. The number of ether oxygens (including phenoxy) is 1. The van der Waals surface area contributed by atoms with Gasteiger partial charge in [-0.05, 0) is 36.8 Å². The lowest BCUT2D eigenvalue weighted by molar-refractivity contribution is 0.259. The second-order valence-corrected chi connectivity index (χ2v) is 4.75. The van der Waals surface area contributed by atoms with E-state index in [4.69, 9.17) is 10.00 Å². The number of hydrogen-bond acceptors (Lipinski definition) is 5. The highest BCUT2D eigenvalue weighted by atomic mass is 16.5. The Kier molecular flexibility index (Phi) is 4.96. The van der Waals surface area contributed by atoms with Gasteiger partial charge in [0, 0.05) is 11.9 Å². The number of aromatic hydroxyl groups is 1. The Bertz CT molecular complexity index is 892. The predicted molar refractivity (Wildman–Crippen MR) is 87.8 cm³/mol. The van der Waals surface area contributed by atoms with Gasteiger partial charge in [0.2, 0.25) is 5.88 Å². The fourth-order valence-corrected chi connectivity index (χ4v) is 1.97. The molecule has 0 spiro atoms. The highest BCUT2D eigenvalue weighted by Crippen LogP contribution is 2.17. The minimum absolute atomic E-state index is 0.0935. The lowest BCUT2D eigenvalue weighted by Gasteiger charge is -2.05. The highest BCUT2D eigenvalue weighted by molar-refractivity contribution is 5.99. The predicted octanol–water partition coefficient (Wildman–Crippen LogP) is 1.92. The number of rotatable bonds is 3. The van der Waals surface area contributed by atoms with E-state index in [-0.39, 0.29) is 16.7 Å². The number of H-pyrrole nitrogens is 1. The molecule has 0 fully saturated rings. The number of nitrogens with zero attached hydrogens (tertiary/aromatic N) is 2. The van der Waals surface area contributed by atoms with Crippen molar-refractivity contribution in [1.82, 2.24) is 4.98 Å². The summed E-state index contributed by atoms with van der Waals surface area (Å²) in [7, 11) is 1.53. The van der Waals surface area contributed by atoms with Gasteiger partial charge in [-0.2, -0.15) is 5.26 Å². The Morgan fingerprint density at radius 3 is 2.67 bits per heavy atom. The van der Waals surface area contributed by atoms with Gasteiger partial charge < -0.3 is 15.2 Å². The average molecular weight is 326 g/mol. The van der Waals surface area contributed by atoms with Gasteiger partial charge in [-0.15, -0.1) is 0 Å². The minimum atomic E-state index is -0.702. The van der Waals surface area contributed by atoms with E-state index < -0.39 is 17.5 Å². The highest BCUT2D eigenvalue weighted by Gasteiger charge is 2.12. The van der Waals surface area contributed by atoms with Gasteiger partial charge in [-0.25, -0.2) is 9.79 Å². The number of carbonyl (C=O) groups is 1.